The first-order valence-corrected chi connectivity index (χ1v) is 8.04. The molecule has 2 nitrogen and oxygen atoms in total. The van der Waals surface area contributed by atoms with Crippen LogP contribution in [-0.4, -0.2) is 18.8 Å². The van der Waals surface area contributed by atoms with Gasteiger partial charge in [-0.15, -0.1) is 11.8 Å². The zero-order valence-electron chi connectivity index (χ0n) is 11.6. The molecule has 3 heteroatoms. The Morgan fingerprint density at radius 1 is 1.39 bits per heavy atom. The molecule has 18 heavy (non-hydrogen) atoms. The van der Waals surface area contributed by atoms with Crippen LogP contribution in [0, 0.1) is 5.92 Å². The van der Waals surface area contributed by atoms with Crippen LogP contribution in [0.15, 0.2) is 23.1 Å². The van der Waals surface area contributed by atoms with E-state index >= 15 is 0 Å². The van der Waals surface area contributed by atoms with E-state index in [2.05, 4.69) is 43.2 Å². The van der Waals surface area contributed by atoms with Gasteiger partial charge in [-0.2, -0.15) is 0 Å². The van der Waals surface area contributed by atoms with Crippen molar-refractivity contribution in [2.75, 3.05) is 17.7 Å². The van der Waals surface area contributed by atoms with Gasteiger partial charge in [0.15, 0.2) is 0 Å². The molecule has 1 saturated heterocycles. The van der Waals surface area contributed by atoms with Gasteiger partial charge in [0.2, 0.25) is 0 Å². The Labute approximate surface area is 115 Å². The molecular formula is C15H24N2S. The first-order valence-electron chi connectivity index (χ1n) is 6.81. The Kier molecular flexibility index (Phi) is 4.57. The second-order valence-electron chi connectivity index (χ2n) is 5.22. The first kappa shape index (κ1) is 13.8. The van der Waals surface area contributed by atoms with Crippen LogP contribution in [0.3, 0.4) is 0 Å². The molecule has 2 rings (SSSR count). The van der Waals surface area contributed by atoms with Gasteiger partial charge in [-0.3, -0.25) is 0 Å². The first-order chi connectivity index (χ1) is 8.69. The standard InChI is InChI=1S/C15H24N2S/c1-11-6-5-9-17(12(11)2)14-7-4-8-15(18-3)13(14)10-16/h4,7-8,11-12H,5-6,9-10,16H2,1-3H3. The van der Waals surface area contributed by atoms with Crippen LogP contribution in [0.2, 0.25) is 0 Å². The van der Waals surface area contributed by atoms with Gasteiger partial charge in [-0.1, -0.05) is 13.0 Å². The zero-order chi connectivity index (χ0) is 13.1. The lowest BCUT2D eigenvalue weighted by atomic mass is 9.91. The van der Waals surface area contributed by atoms with E-state index in [9.17, 15) is 0 Å². The van der Waals surface area contributed by atoms with Crippen LogP contribution in [0.25, 0.3) is 0 Å². The summed E-state index contributed by atoms with van der Waals surface area (Å²) in [6, 6.07) is 7.18. The quantitative estimate of drug-likeness (QED) is 0.847. The van der Waals surface area contributed by atoms with Crippen molar-refractivity contribution in [1.29, 1.82) is 0 Å². The fourth-order valence-electron chi connectivity index (χ4n) is 2.90. The van der Waals surface area contributed by atoms with E-state index < -0.39 is 0 Å². The fourth-order valence-corrected chi connectivity index (χ4v) is 3.54. The maximum atomic E-state index is 5.97. The Morgan fingerprint density at radius 2 is 2.17 bits per heavy atom. The highest BCUT2D eigenvalue weighted by atomic mass is 32.2. The monoisotopic (exact) mass is 264 g/mol. The highest BCUT2D eigenvalue weighted by molar-refractivity contribution is 7.98. The van der Waals surface area contributed by atoms with Gasteiger partial charge in [-0.25, -0.2) is 0 Å². The van der Waals surface area contributed by atoms with Gasteiger partial charge in [-0.05, 0) is 44.1 Å². The maximum absolute atomic E-state index is 5.97. The molecule has 0 aromatic heterocycles. The molecule has 0 saturated carbocycles. The van der Waals surface area contributed by atoms with Crippen molar-refractivity contribution in [2.24, 2.45) is 11.7 Å². The smallest absolute Gasteiger partial charge is 0.0425 e. The molecule has 2 N–H and O–H groups in total. The third-order valence-corrected chi connectivity index (χ3v) is 5.04. The summed E-state index contributed by atoms with van der Waals surface area (Å²) in [5, 5.41) is 0. The molecule has 1 aromatic rings. The van der Waals surface area contributed by atoms with Crippen molar-refractivity contribution in [1.82, 2.24) is 0 Å². The zero-order valence-corrected chi connectivity index (χ0v) is 12.5. The number of anilines is 1. The predicted octanol–water partition coefficient (Wildman–Crippen LogP) is 3.49. The Morgan fingerprint density at radius 3 is 2.83 bits per heavy atom. The van der Waals surface area contributed by atoms with Crippen molar-refractivity contribution < 1.29 is 0 Å². The molecule has 100 valence electrons. The van der Waals surface area contributed by atoms with Crippen LogP contribution in [-0.2, 0) is 6.54 Å². The van der Waals surface area contributed by atoms with Crippen LogP contribution < -0.4 is 10.6 Å². The molecule has 2 unspecified atom stereocenters. The van der Waals surface area contributed by atoms with E-state index in [4.69, 9.17) is 5.73 Å². The number of hydrogen-bond acceptors (Lipinski definition) is 3. The highest BCUT2D eigenvalue weighted by Crippen LogP contribution is 2.34. The van der Waals surface area contributed by atoms with Crippen molar-refractivity contribution in [3.8, 4) is 0 Å². The summed E-state index contributed by atoms with van der Waals surface area (Å²) in [4.78, 5) is 3.87. The minimum Gasteiger partial charge on any atom is -0.368 e. The van der Waals surface area contributed by atoms with Crippen LogP contribution in [0.4, 0.5) is 5.69 Å². The SMILES string of the molecule is CSc1cccc(N2CCCC(C)C2C)c1CN. The number of rotatable bonds is 3. The van der Waals surface area contributed by atoms with Crippen LogP contribution in [0.1, 0.15) is 32.3 Å². The third kappa shape index (κ3) is 2.52. The van der Waals surface area contributed by atoms with Crippen molar-refractivity contribution in [3.63, 3.8) is 0 Å². The normalized spacial score (nSPS) is 24.3. The topological polar surface area (TPSA) is 29.3 Å². The number of nitrogens with zero attached hydrogens (tertiary/aromatic N) is 1. The average molecular weight is 264 g/mol. The molecule has 1 fully saturated rings. The Bertz CT molecular complexity index is 405. The summed E-state index contributed by atoms with van der Waals surface area (Å²) < 4.78 is 0. The highest BCUT2D eigenvalue weighted by Gasteiger charge is 2.26. The van der Waals surface area contributed by atoms with Gasteiger partial charge in [0.05, 0.1) is 0 Å². The largest absolute Gasteiger partial charge is 0.368 e. The van der Waals surface area contributed by atoms with Gasteiger partial charge in [0.25, 0.3) is 0 Å². The Balaban J connectivity index is 2.37. The molecule has 2 atom stereocenters. The second-order valence-corrected chi connectivity index (χ2v) is 6.06. The molecule has 1 aromatic carbocycles. The third-order valence-electron chi connectivity index (χ3n) is 4.22. The van der Waals surface area contributed by atoms with Crippen LogP contribution >= 0.6 is 11.8 Å². The van der Waals surface area contributed by atoms with Crippen LogP contribution in [0.5, 0.6) is 0 Å². The fraction of sp³-hybridized carbons (Fsp3) is 0.600. The molecule has 0 bridgehead atoms. The summed E-state index contributed by atoms with van der Waals surface area (Å²) in [7, 11) is 0. The summed E-state index contributed by atoms with van der Waals surface area (Å²) in [6.45, 7) is 6.49. The number of thioether (sulfide) groups is 1. The summed E-state index contributed by atoms with van der Waals surface area (Å²) in [5.74, 6) is 0.766. The van der Waals surface area contributed by atoms with Crippen molar-refractivity contribution in [3.05, 3.63) is 23.8 Å². The lowest BCUT2D eigenvalue weighted by Gasteiger charge is -2.40. The number of hydrogen-bond donors (Lipinski definition) is 1. The molecule has 0 spiro atoms. The lowest BCUT2D eigenvalue weighted by molar-refractivity contribution is 0.363. The summed E-state index contributed by atoms with van der Waals surface area (Å²) >= 11 is 1.79. The van der Waals surface area contributed by atoms with E-state index in [0.717, 1.165) is 12.5 Å². The number of piperidine rings is 1. The molecule has 1 heterocycles. The summed E-state index contributed by atoms with van der Waals surface area (Å²) in [6.07, 6.45) is 4.76. The molecule has 1 aliphatic rings. The maximum Gasteiger partial charge on any atom is 0.0425 e. The molecule has 0 radical (unpaired) electrons. The van der Waals surface area contributed by atoms with E-state index in [0.29, 0.717) is 12.6 Å². The van der Waals surface area contributed by atoms with Gasteiger partial charge in [0, 0.05) is 35.3 Å². The number of benzene rings is 1. The van der Waals surface area contributed by atoms with E-state index in [1.54, 1.807) is 11.8 Å². The summed E-state index contributed by atoms with van der Waals surface area (Å²) in [5.41, 5.74) is 8.64. The lowest BCUT2D eigenvalue weighted by Crippen LogP contribution is -2.43. The van der Waals surface area contributed by atoms with E-state index in [1.807, 2.05) is 0 Å². The molecule has 0 aliphatic carbocycles. The number of nitrogens with two attached hydrogens (primary N) is 1. The predicted molar refractivity (Wildman–Crippen MR) is 81.3 cm³/mol. The molecular weight excluding hydrogens is 240 g/mol. The average Bonchev–Trinajstić information content (AvgIpc) is 2.41. The Hall–Kier alpha value is -0.670. The van der Waals surface area contributed by atoms with E-state index in [-0.39, 0.29) is 0 Å². The van der Waals surface area contributed by atoms with Gasteiger partial charge < -0.3 is 10.6 Å². The molecule has 0 amide bonds. The van der Waals surface area contributed by atoms with Crippen molar-refractivity contribution >= 4 is 17.4 Å². The van der Waals surface area contributed by atoms with Gasteiger partial charge in [0.1, 0.15) is 0 Å². The minimum absolute atomic E-state index is 0.612. The molecule has 1 aliphatic heterocycles. The van der Waals surface area contributed by atoms with Gasteiger partial charge >= 0.3 is 0 Å². The minimum atomic E-state index is 0.612. The second kappa shape index (κ2) is 5.98. The van der Waals surface area contributed by atoms with E-state index in [1.165, 1.54) is 29.0 Å². The van der Waals surface area contributed by atoms with Crippen molar-refractivity contribution in [2.45, 2.75) is 44.2 Å².